The van der Waals surface area contributed by atoms with Crippen LogP contribution in [0.3, 0.4) is 0 Å². The van der Waals surface area contributed by atoms with Crippen LogP contribution in [0.1, 0.15) is 42.6 Å². The topological polar surface area (TPSA) is 70.7 Å². The summed E-state index contributed by atoms with van der Waals surface area (Å²) in [6.07, 6.45) is 3.72. The fourth-order valence-corrected chi connectivity index (χ4v) is 1.77. The average molecular weight is 208 g/mol. The Morgan fingerprint density at radius 2 is 2.33 bits per heavy atom. The van der Waals surface area contributed by atoms with Crippen LogP contribution in [0.4, 0.5) is 0 Å². The standard InChI is InChI=1S/C10H16N4O/c1-6(8-4-3-5-8)11-10(15)9-12-7(2)13-14-9/h6,8H,3-5H2,1-2H3,(H,11,15)(H,12,13,14). The molecule has 2 rings (SSSR count). The van der Waals surface area contributed by atoms with Gasteiger partial charge in [0, 0.05) is 6.04 Å². The molecule has 1 heterocycles. The van der Waals surface area contributed by atoms with Gasteiger partial charge in [0.15, 0.2) is 0 Å². The average Bonchev–Trinajstić information content (AvgIpc) is 2.48. The van der Waals surface area contributed by atoms with E-state index in [9.17, 15) is 4.79 Å². The smallest absolute Gasteiger partial charge is 0.291 e. The second kappa shape index (κ2) is 4.00. The normalized spacial score (nSPS) is 18.3. The number of aryl methyl sites for hydroxylation is 1. The molecule has 1 fully saturated rings. The zero-order chi connectivity index (χ0) is 10.8. The Balaban J connectivity index is 1.91. The number of aromatic amines is 1. The Morgan fingerprint density at radius 3 is 2.80 bits per heavy atom. The van der Waals surface area contributed by atoms with Crippen LogP contribution in [0.5, 0.6) is 0 Å². The largest absolute Gasteiger partial charge is 0.347 e. The molecular weight excluding hydrogens is 192 g/mol. The summed E-state index contributed by atoms with van der Waals surface area (Å²) < 4.78 is 0. The maximum Gasteiger partial charge on any atom is 0.291 e. The summed E-state index contributed by atoms with van der Waals surface area (Å²) in [4.78, 5) is 15.6. The van der Waals surface area contributed by atoms with Crippen LogP contribution in [0, 0.1) is 12.8 Å². The van der Waals surface area contributed by atoms with Crippen molar-refractivity contribution in [3.8, 4) is 0 Å². The number of hydrogen-bond donors (Lipinski definition) is 2. The van der Waals surface area contributed by atoms with E-state index in [-0.39, 0.29) is 17.8 Å². The summed E-state index contributed by atoms with van der Waals surface area (Å²) in [6, 6.07) is 0.227. The first kappa shape index (κ1) is 10.1. The van der Waals surface area contributed by atoms with Gasteiger partial charge in [0.2, 0.25) is 5.82 Å². The molecule has 1 unspecified atom stereocenters. The molecule has 1 atom stereocenters. The summed E-state index contributed by atoms with van der Waals surface area (Å²) in [5, 5.41) is 9.41. The van der Waals surface area contributed by atoms with Gasteiger partial charge in [-0.15, -0.1) is 5.10 Å². The van der Waals surface area contributed by atoms with Crippen molar-refractivity contribution in [2.24, 2.45) is 5.92 Å². The second-order valence-electron chi connectivity index (χ2n) is 4.20. The molecule has 0 saturated heterocycles. The SMILES string of the molecule is Cc1nc(C(=O)NC(C)C2CCC2)n[nH]1. The van der Waals surface area contributed by atoms with E-state index in [4.69, 9.17) is 0 Å². The number of carbonyl (C=O) groups excluding carboxylic acids is 1. The van der Waals surface area contributed by atoms with E-state index in [2.05, 4.69) is 20.5 Å². The number of nitrogens with one attached hydrogen (secondary N) is 2. The molecule has 1 amide bonds. The third kappa shape index (κ3) is 2.16. The fourth-order valence-electron chi connectivity index (χ4n) is 1.77. The Labute approximate surface area is 88.7 Å². The van der Waals surface area contributed by atoms with Gasteiger partial charge in [-0.1, -0.05) is 6.42 Å². The summed E-state index contributed by atoms with van der Waals surface area (Å²) in [6.45, 7) is 3.82. The summed E-state index contributed by atoms with van der Waals surface area (Å²) in [5.74, 6) is 1.35. The summed E-state index contributed by atoms with van der Waals surface area (Å²) >= 11 is 0. The highest BCUT2D eigenvalue weighted by Crippen LogP contribution is 2.29. The van der Waals surface area contributed by atoms with Gasteiger partial charge >= 0.3 is 0 Å². The molecule has 1 aliphatic rings. The van der Waals surface area contributed by atoms with Crippen molar-refractivity contribution in [3.05, 3.63) is 11.6 Å². The van der Waals surface area contributed by atoms with Gasteiger partial charge < -0.3 is 5.32 Å². The Bertz CT molecular complexity index is 356. The lowest BCUT2D eigenvalue weighted by molar-refractivity contribution is 0.0899. The minimum Gasteiger partial charge on any atom is -0.347 e. The molecule has 1 aromatic rings. The number of carbonyl (C=O) groups is 1. The minimum absolute atomic E-state index is 0.182. The number of H-pyrrole nitrogens is 1. The predicted molar refractivity (Wildman–Crippen MR) is 55.4 cm³/mol. The fraction of sp³-hybridized carbons (Fsp3) is 0.700. The Kier molecular flexibility index (Phi) is 2.70. The van der Waals surface area contributed by atoms with E-state index in [1.165, 1.54) is 19.3 Å². The molecule has 15 heavy (non-hydrogen) atoms. The maximum atomic E-state index is 11.7. The summed E-state index contributed by atoms with van der Waals surface area (Å²) in [5.41, 5.74) is 0. The van der Waals surface area contributed by atoms with Crippen molar-refractivity contribution in [1.82, 2.24) is 20.5 Å². The molecule has 82 valence electrons. The van der Waals surface area contributed by atoms with Crippen LogP contribution >= 0.6 is 0 Å². The highest BCUT2D eigenvalue weighted by atomic mass is 16.2. The molecule has 5 nitrogen and oxygen atoms in total. The van der Waals surface area contributed by atoms with E-state index >= 15 is 0 Å². The second-order valence-corrected chi connectivity index (χ2v) is 4.20. The zero-order valence-electron chi connectivity index (χ0n) is 9.08. The molecular formula is C10H16N4O. The van der Waals surface area contributed by atoms with Crippen LogP contribution in [-0.2, 0) is 0 Å². The number of rotatable bonds is 3. The molecule has 0 spiro atoms. The molecule has 0 bridgehead atoms. The molecule has 0 aliphatic heterocycles. The van der Waals surface area contributed by atoms with Crippen LogP contribution in [-0.4, -0.2) is 27.1 Å². The molecule has 1 aromatic heterocycles. The van der Waals surface area contributed by atoms with E-state index in [1.807, 2.05) is 6.92 Å². The molecule has 0 radical (unpaired) electrons. The number of amides is 1. The van der Waals surface area contributed by atoms with Crippen molar-refractivity contribution < 1.29 is 4.79 Å². The van der Waals surface area contributed by atoms with Gasteiger partial charge in [-0.25, -0.2) is 4.98 Å². The van der Waals surface area contributed by atoms with Crippen molar-refractivity contribution >= 4 is 5.91 Å². The van der Waals surface area contributed by atoms with Crippen LogP contribution in [0.15, 0.2) is 0 Å². The highest BCUT2D eigenvalue weighted by Gasteiger charge is 2.26. The first-order valence-electron chi connectivity index (χ1n) is 5.36. The minimum atomic E-state index is -0.182. The highest BCUT2D eigenvalue weighted by molar-refractivity contribution is 5.90. The maximum absolute atomic E-state index is 11.7. The van der Waals surface area contributed by atoms with Gasteiger partial charge in [0.1, 0.15) is 5.82 Å². The lowest BCUT2D eigenvalue weighted by Gasteiger charge is -2.31. The number of hydrogen-bond acceptors (Lipinski definition) is 3. The quantitative estimate of drug-likeness (QED) is 0.779. The van der Waals surface area contributed by atoms with E-state index in [0.717, 1.165) is 0 Å². The van der Waals surface area contributed by atoms with Crippen molar-refractivity contribution in [2.75, 3.05) is 0 Å². The number of aromatic nitrogens is 3. The van der Waals surface area contributed by atoms with E-state index in [0.29, 0.717) is 11.7 Å². The molecule has 1 aliphatic carbocycles. The Hall–Kier alpha value is -1.39. The van der Waals surface area contributed by atoms with Crippen LogP contribution in [0.25, 0.3) is 0 Å². The monoisotopic (exact) mass is 208 g/mol. The van der Waals surface area contributed by atoms with Gasteiger partial charge in [-0.3, -0.25) is 9.89 Å². The molecule has 2 N–H and O–H groups in total. The third-order valence-corrected chi connectivity index (χ3v) is 3.02. The molecule has 1 saturated carbocycles. The lowest BCUT2D eigenvalue weighted by Crippen LogP contribution is -2.41. The first-order valence-corrected chi connectivity index (χ1v) is 5.36. The first-order chi connectivity index (χ1) is 7.16. The summed E-state index contributed by atoms with van der Waals surface area (Å²) in [7, 11) is 0. The van der Waals surface area contributed by atoms with Crippen LogP contribution < -0.4 is 5.32 Å². The predicted octanol–water partition coefficient (Wildman–Crippen LogP) is 1.03. The molecule has 0 aromatic carbocycles. The van der Waals surface area contributed by atoms with E-state index < -0.39 is 0 Å². The van der Waals surface area contributed by atoms with Crippen molar-refractivity contribution in [1.29, 1.82) is 0 Å². The van der Waals surface area contributed by atoms with Crippen molar-refractivity contribution in [2.45, 2.75) is 39.2 Å². The van der Waals surface area contributed by atoms with E-state index in [1.54, 1.807) is 6.92 Å². The van der Waals surface area contributed by atoms with Gasteiger partial charge in [-0.2, -0.15) is 0 Å². The van der Waals surface area contributed by atoms with Gasteiger partial charge in [-0.05, 0) is 32.6 Å². The van der Waals surface area contributed by atoms with Crippen molar-refractivity contribution in [3.63, 3.8) is 0 Å². The van der Waals surface area contributed by atoms with Gasteiger partial charge in [0.25, 0.3) is 5.91 Å². The van der Waals surface area contributed by atoms with Crippen LogP contribution in [0.2, 0.25) is 0 Å². The third-order valence-electron chi connectivity index (χ3n) is 3.02. The number of nitrogens with zero attached hydrogens (tertiary/aromatic N) is 2. The lowest BCUT2D eigenvalue weighted by atomic mass is 9.80. The molecule has 5 heteroatoms. The van der Waals surface area contributed by atoms with Gasteiger partial charge in [0.05, 0.1) is 0 Å². The zero-order valence-corrected chi connectivity index (χ0v) is 9.08. The Morgan fingerprint density at radius 1 is 1.60 bits per heavy atom.